The molecule has 0 aliphatic carbocycles. The molecule has 0 radical (unpaired) electrons. The number of esters is 3. The number of ether oxygens (including phenoxy) is 3. The van der Waals surface area contributed by atoms with Gasteiger partial charge in [-0.25, -0.2) is 10.2 Å². The van der Waals surface area contributed by atoms with Crippen LogP contribution in [0, 0.1) is 0 Å². The van der Waals surface area contributed by atoms with Crippen LogP contribution in [0.15, 0.2) is 91.0 Å². The summed E-state index contributed by atoms with van der Waals surface area (Å²) in [4.78, 5) is 35.5. The van der Waals surface area contributed by atoms with Crippen molar-refractivity contribution < 1.29 is 46.8 Å². The Kier molecular flexibility index (Phi) is 18.0. The van der Waals surface area contributed by atoms with Crippen LogP contribution >= 0.6 is 15.0 Å². The van der Waals surface area contributed by atoms with Gasteiger partial charge in [0.25, 0.3) is 0 Å². The quantitative estimate of drug-likeness (QED) is 0.0773. The van der Waals surface area contributed by atoms with Gasteiger partial charge in [0.1, 0.15) is 23.6 Å². The summed E-state index contributed by atoms with van der Waals surface area (Å²) in [6.45, 7) is 7.10. The highest BCUT2D eigenvalue weighted by molar-refractivity contribution is 7.58. The molecule has 0 amide bonds. The Morgan fingerprint density at radius 1 is 0.600 bits per heavy atom. The van der Waals surface area contributed by atoms with Crippen molar-refractivity contribution in [3.05, 3.63) is 96.6 Å². The zero-order chi connectivity index (χ0) is 37.2. The lowest BCUT2D eigenvalue weighted by Crippen LogP contribution is -2.40. The molecule has 50 heavy (non-hydrogen) atoms. The van der Waals surface area contributed by atoms with Gasteiger partial charge in [0.2, 0.25) is 0 Å². The minimum atomic E-state index is -3.37. The molecule has 4 atom stereocenters. The topological polar surface area (TPSA) is 156 Å². The van der Waals surface area contributed by atoms with E-state index in [1.165, 1.54) is 21.3 Å². The lowest BCUT2D eigenvalue weighted by molar-refractivity contribution is -0.144. The smallest absolute Gasteiger partial charge is 0.323 e. The first-order chi connectivity index (χ1) is 23.8. The molecule has 0 aromatic heterocycles. The molecule has 0 saturated carbocycles. The van der Waals surface area contributed by atoms with E-state index in [9.17, 15) is 23.5 Å². The zero-order valence-electron chi connectivity index (χ0n) is 29.8. The van der Waals surface area contributed by atoms with Crippen molar-refractivity contribution in [1.29, 1.82) is 0 Å². The molecule has 0 bridgehead atoms. The summed E-state index contributed by atoms with van der Waals surface area (Å²) >= 11 is 0. The summed E-state index contributed by atoms with van der Waals surface area (Å²) in [5.41, 5.74) is 0.275. The number of hydrogen-bond acceptors (Lipinski definition) is 10. The fraction of sp³-hybridized carbons (Fsp3) is 0.417. The predicted octanol–water partition coefficient (Wildman–Crippen LogP) is 7.18. The van der Waals surface area contributed by atoms with Crippen LogP contribution < -0.4 is 19.2 Å². The van der Waals surface area contributed by atoms with Crippen molar-refractivity contribution in [2.45, 2.75) is 76.8 Å². The summed E-state index contributed by atoms with van der Waals surface area (Å²) in [5.74, 6) is -0.444. The number of hydrogen-bond donors (Lipinski definition) is 2. The fourth-order valence-corrected chi connectivity index (χ4v) is 7.67. The molecule has 3 rings (SSSR count). The third-order valence-corrected chi connectivity index (χ3v) is 12.4. The van der Waals surface area contributed by atoms with E-state index in [-0.39, 0.29) is 30.1 Å². The molecular weight excluding hydrogens is 682 g/mol. The predicted molar refractivity (Wildman–Crippen MR) is 194 cm³/mol. The Bertz CT molecular complexity index is 1560. The molecule has 14 heteroatoms. The van der Waals surface area contributed by atoms with E-state index >= 15 is 0 Å². The van der Waals surface area contributed by atoms with E-state index in [4.69, 9.17) is 18.5 Å². The monoisotopic (exact) mass is 732 g/mol. The highest BCUT2D eigenvalue weighted by Gasteiger charge is 2.36. The Morgan fingerprint density at radius 2 is 1.00 bits per heavy atom. The molecule has 2 unspecified atom stereocenters. The lowest BCUT2D eigenvalue weighted by Gasteiger charge is -2.27. The van der Waals surface area contributed by atoms with Crippen LogP contribution in [0.25, 0.3) is 0 Å². The highest BCUT2D eigenvalue weighted by Crippen LogP contribution is 2.49. The normalized spacial score (nSPS) is 14.5. The van der Waals surface area contributed by atoms with Crippen LogP contribution in [-0.2, 0) is 44.1 Å². The van der Waals surface area contributed by atoms with Gasteiger partial charge < -0.3 is 23.3 Å². The van der Waals surface area contributed by atoms with Crippen molar-refractivity contribution >= 4 is 32.9 Å². The van der Waals surface area contributed by atoms with Crippen LogP contribution in [-0.4, -0.2) is 62.6 Å². The maximum atomic E-state index is 13.4. The van der Waals surface area contributed by atoms with E-state index in [1.807, 2.05) is 54.6 Å². The highest BCUT2D eigenvalue weighted by atomic mass is 31.2. The van der Waals surface area contributed by atoms with Gasteiger partial charge in [-0.3, -0.25) is 23.5 Å². The molecule has 3 aromatic carbocycles. The van der Waals surface area contributed by atoms with Crippen LogP contribution in [0.2, 0.25) is 0 Å². The van der Waals surface area contributed by atoms with Crippen molar-refractivity contribution in [3.8, 4) is 11.5 Å². The average molecular weight is 733 g/mol. The third-order valence-electron chi connectivity index (χ3n) is 7.36. The lowest BCUT2D eigenvalue weighted by atomic mass is 10.1. The SMILES string of the molecule is COC(=O)CCC[C@H](NP(=O)(Oc1ccccc1)C(C)C)C(=O)OC.COC(=O)[C@H](Cc1ccccc1)NP(=O)(Oc1ccccc1)C(C)C. The van der Waals surface area contributed by atoms with Crippen molar-refractivity contribution in [2.75, 3.05) is 21.3 Å². The standard InChI is InChI=1S/C19H24NO4P.C17H26NO6P/c1-15(2)25(22,24-17-12-8-5-9-13-17)20-18(19(21)23-3)14-16-10-6-4-7-11-16;1-13(2)25(21,24-14-9-6-5-7-10-14)18-15(17(20)23-4)11-8-12-16(19)22-3/h4-13,15,18H,14H2,1-3H3,(H,20,22);5-7,9-10,13,15H,8,11-12H2,1-4H3,(H,18,21)/t18-,25?;15-,25?/m00/s1. The molecule has 0 heterocycles. The molecule has 12 nitrogen and oxygen atoms in total. The average Bonchev–Trinajstić information content (AvgIpc) is 3.11. The molecule has 0 aliphatic rings. The third kappa shape index (κ3) is 14.1. The van der Waals surface area contributed by atoms with Gasteiger partial charge in [-0.1, -0.05) is 94.4 Å². The number of benzene rings is 3. The number of carbonyl (C=O) groups is 3. The van der Waals surface area contributed by atoms with Crippen molar-refractivity contribution in [3.63, 3.8) is 0 Å². The van der Waals surface area contributed by atoms with E-state index in [2.05, 4.69) is 14.9 Å². The first-order valence-electron chi connectivity index (χ1n) is 16.3. The molecule has 0 saturated heterocycles. The Balaban J connectivity index is 0.000000347. The van der Waals surface area contributed by atoms with Gasteiger partial charge >= 0.3 is 32.9 Å². The summed E-state index contributed by atoms with van der Waals surface area (Å²) in [6, 6.07) is 25.6. The van der Waals surface area contributed by atoms with E-state index in [0.717, 1.165) is 5.56 Å². The molecule has 3 aromatic rings. The first-order valence-corrected chi connectivity index (χ1v) is 19.7. The minimum Gasteiger partial charge on any atom is -0.469 e. The molecule has 0 aliphatic heterocycles. The summed E-state index contributed by atoms with van der Waals surface area (Å²) in [7, 11) is -2.81. The Labute approximate surface area is 295 Å². The van der Waals surface area contributed by atoms with Gasteiger partial charge in [0, 0.05) is 6.42 Å². The number of nitrogens with one attached hydrogen (secondary N) is 2. The molecule has 0 spiro atoms. The van der Waals surface area contributed by atoms with E-state index in [0.29, 0.717) is 24.3 Å². The van der Waals surface area contributed by atoms with Gasteiger partial charge in [0.05, 0.1) is 32.6 Å². The Morgan fingerprint density at radius 3 is 1.40 bits per heavy atom. The zero-order valence-corrected chi connectivity index (χ0v) is 31.6. The van der Waals surface area contributed by atoms with Gasteiger partial charge in [0.15, 0.2) is 0 Å². The second-order valence-corrected chi connectivity index (χ2v) is 17.1. The number of carbonyl (C=O) groups excluding carboxylic acids is 3. The maximum absolute atomic E-state index is 13.4. The maximum Gasteiger partial charge on any atom is 0.323 e. The molecule has 0 fully saturated rings. The Hall–Kier alpha value is -3.95. The largest absolute Gasteiger partial charge is 0.469 e. The summed E-state index contributed by atoms with van der Waals surface area (Å²) < 4.78 is 52.3. The number of para-hydroxylation sites is 2. The van der Waals surface area contributed by atoms with Crippen LogP contribution in [0.4, 0.5) is 0 Å². The van der Waals surface area contributed by atoms with Crippen LogP contribution in [0.3, 0.4) is 0 Å². The fourth-order valence-electron chi connectivity index (χ4n) is 4.38. The molecule has 2 N–H and O–H groups in total. The van der Waals surface area contributed by atoms with Crippen LogP contribution in [0.1, 0.15) is 52.5 Å². The summed E-state index contributed by atoms with van der Waals surface area (Å²) in [6.07, 6.45) is 1.19. The van der Waals surface area contributed by atoms with E-state index in [1.54, 1.807) is 64.1 Å². The van der Waals surface area contributed by atoms with Crippen LogP contribution in [0.5, 0.6) is 11.5 Å². The second-order valence-electron chi connectivity index (χ2n) is 11.8. The van der Waals surface area contributed by atoms with Crippen molar-refractivity contribution in [2.24, 2.45) is 0 Å². The minimum absolute atomic E-state index is 0.164. The van der Waals surface area contributed by atoms with Gasteiger partial charge in [-0.15, -0.1) is 0 Å². The van der Waals surface area contributed by atoms with Crippen molar-refractivity contribution in [1.82, 2.24) is 10.2 Å². The number of rotatable bonds is 18. The molecule has 274 valence electrons. The summed E-state index contributed by atoms with van der Waals surface area (Å²) in [5, 5.41) is 5.76. The van der Waals surface area contributed by atoms with E-state index < -0.39 is 39.1 Å². The van der Waals surface area contributed by atoms with Gasteiger partial charge in [-0.05, 0) is 49.1 Å². The molecular formula is C36H50N2O10P2. The van der Waals surface area contributed by atoms with Gasteiger partial charge in [-0.2, -0.15) is 0 Å². The number of methoxy groups -OCH3 is 3. The first kappa shape index (κ1) is 42.2. The second kappa shape index (κ2) is 21.3.